The van der Waals surface area contributed by atoms with E-state index in [1.165, 1.54) is 11.8 Å². The van der Waals surface area contributed by atoms with Gasteiger partial charge in [0.25, 0.3) is 0 Å². The van der Waals surface area contributed by atoms with Crippen LogP contribution in [-0.2, 0) is 16.1 Å². The Morgan fingerprint density at radius 2 is 1.87 bits per heavy atom. The fraction of sp³-hybridized carbons (Fsp3) is 0.133. The van der Waals surface area contributed by atoms with E-state index < -0.39 is 5.97 Å². The fourth-order valence-corrected chi connectivity index (χ4v) is 5.75. The molecule has 9 heteroatoms. The van der Waals surface area contributed by atoms with Gasteiger partial charge < -0.3 is 19.1 Å². The first-order valence-corrected chi connectivity index (χ1v) is 14.1. The minimum Gasteiger partial charge on any atom is -0.506 e. The van der Waals surface area contributed by atoms with Gasteiger partial charge in [-0.25, -0.2) is 9.79 Å². The maximum atomic E-state index is 12.8. The van der Waals surface area contributed by atoms with Crippen LogP contribution in [-0.4, -0.2) is 34.4 Å². The summed E-state index contributed by atoms with van der Waals surface area (Å²) in [6, 6.07) is 21.0. The molecule has 1 aromatic heterocycles. The monoisotopic (exact) mass is 622 g/mol. The molecule has 0 aliphatic carbocycles. The van der Waals surface area contributed by atoms with E-state index in [9.17, 15) is 9.90 Å². The van der Waals surface area contributed by atoms with Crippen molar-refractivity contribution in [1.82, 2.24) is 4.57 Å². The molecule has 2 heterocycles. The lowest BCUT2D eigenvalue weighted by Gasteiger charge is -2.06. The van der Waals surface area contributed by atoms with Gasteiger partial charge >= 0.3 is 5.97 Å². The molecule has 39 heavy (non-hydrogen) atoms. The Balaban J connectivity index is 1.57. The molecule has 3 aromatic carbocycles. The molecule has 6 nitrogen and oxygen atoms in total. The minimum atomic E-state index is -0.619. The van der Waals surface area contributed by atoms with E-state index in [1.54, 1.807) is 38.3 Å². The number of methoxy groups -OCH3 is 1. The summed E-state index contributed by atoms with van der Waals surface area (Å²) in [5.41, 5.74) is 3.70. The van der Waals surface area contributed by atoms with Crippen molar-refractivity contribution in [2.45, 2.75) is 13.5 Å². The Morgan fingerprint density at radius 1 is 1.13 bits per heavy atom. The van der Waals surface area contributed by atoms with Crippen LogP contribution in [0.25, 0.3) is 17.0 Å². The normalized spacial score (nSPS) is 15.5. The molecular weight excluding hydrogens is 600 g/mol. The molecule has 0 amide bonds. The van der Waals surface area contributed by atoms with Crippen LogP contribution in [0.15, 0.2) is 98.6 Å². The summed E-state index contributed by atoms with van der Waals surface area (Å²) in [7, 11) is 1.59. The van der Waals surface area contributed by atoms with Crippen LogP contribution >= 0.6 is 39.3 Å². The summed E-state index contributed by atoms with van der Waals surface area (Å²) in [5, 5.41) is 13.2. The number of hydrogen-bond acceptors (Lipinski definition) is 6. The predicted molar refractivity (Wildman–Crippen MR) is 162 cm³/mol. The van der Waals surface area contributed by atoms with Crippen LogP contribution < -0.4 is 4.74 Å². The van der Waals surface area contributed by atoms with Crippen LogP contribution in [0, 0.1) is 0 Å². The second-order valence-electron chi connectivity index (χ2n) is 8.67. The number of nitrogens with zero attached hydrogens (tertiary/aromatic N) is 2. The van der Waals surface area contributed by atoms with E-state index in [-0.39, 0.29) is 17.9 Å². The van der Waals surface area contributed by atoms with Crippen molar-refractivity contribution >= 4 is 73.0 Å². The molecule has 198 valence electrons. The second kappa shape index (κ2) is 11.7. The topological polar surface area (TPSA) is 73.0 Å². The molecule has 0 radical (unpaired) electrons. The van der Waals surface area contributed by atoms with Crippen molar-refractivity contribution in [2.24, 2.45) is 4.99 Å². The number of fused-ring (bicyclic) bond motifs is 1. The van der Waals surface area contributed by atoms with Gasteiger partial charge in [0.05, 0.1) is 24.3 Å². The Morgan fingerprint density at radius 3 is 2.56 bits per heavy atom. The number of hydrogen-bond donors (Lipinski definition) is 1. The number of halogens is 2. The van der Waals surface area contributed by atoms with Crippen LogP contribution in [0.1, 0.15) is 18.1 Å². The summed E-state index contributed by atoms with van der Waals surface area (Å²) in [6.07, 6.45) is 3.91. The van der Waals surface area contributed by atoms with Gasteiger partial charge in [-0.15, -0.1) is 0 Å². The molecule has 0 unspecified atom stereocenters. The molecule has 0 spiro atoms. The number of ether oxygens (including phenoxy) is 2. The molecule has 1 N–H and O–H groups in total. The smallest absolute Gasteiger partial charge is 0.344 e. The van der Waals surface area contributed by atoms with E-state index in [2.05, 4.69) is 31.6 Å². The second-order valence-corrected chi connectivity index (χ2v) is 11.1. The zero-order chi connectivity index (χ0) is 27.5. The molecule has 1 aliphatic heterocycles. The highest BCUT2D eigenvalue weighted by Gasteiger charge is 2.33. The first-order chi connectivity index (χ1) is 18.9. The third-order valence-corrected chi connectivity index (χ3v) is 7.87. The molecule has 0 bridgehead atoms. The number of aliphatic hydroxyl groups excluding tert-OH is 1. The number of rotatable bonds is 7. The summed E-state index contributed by atoms with van der Waals surface area (Å²) >= 11 is 10.9. The lowest BCUT2D eigenvalue weighted by Crippen LogP contribution is -2.12. The molecule has 5 rings (SSSR count). The average Bonchev–Trinajstić information content (AvgIpc) is 3.41. The third-order valence-electron chi connectivity index (χ3n) is 6.10. The summed E-state index contributed by atoms with van der Waals surface area (Å²) in [6.45, 7) is 2.55. The number of aromatic nitrogens is 1. The first-order valence-electron chi connectivity index (χ1n) is 12.1. The SMILES string of the molecule is CCOC(=O)C1=C(O)/C(=C/c2cn(Cc3ccc(Cl)cc3)c3ccc(Br)cc23)SC1=Nc1ccc(OC)cc1. The van der Waals surface area contributed by atoms with Gasteiger partial charge in [0.2, 0.25) is 0 Å². The van der Waals surface area contributed by atoms with E-state index in [1.807, 2.05) is 48.7 Å². The Bertz CT molecular complexity index is 1640. The number of carbonyl (C=O) groups is 1. The third kappa shape index (κ3) is 5.93. The fourth-order valence-electron chi connectivity index (χ4n) is 4.24. The summed E-state index contributed by atoms with van der Waals surface area (Å²) < 4.78 is 13.6. The molecule has 0 fully saturated rings. The van der Waals surface area contributed by atoms with Crippen molar-refractivity contribution in [3.05, 3.63) is 110 Å². The van der Waals surface area contributed by atoms with E-state index in [0.717, 1.165) is 26.5 Å². The van der Waals surface area contributed by atoms with Crippen LogP contribution in [0.2, 0.25) is 5.02 Å². The van der Waals surface area contributed by atoms with Crippen LogP contribution in [0.3, 0.4) is 0 Å². The van der Waals surface area contributed by atoms with Gasteiger partial charge in [-0.1, -0.05) is 51.4 Å². The average molecular weight is 624 g/mol. The lowest BCUT2D eigenvalue weighted by molar-refractivity contribution is -0.138. The Labute approximate surface area is 243 Å². The molecule has 0 saturated heterocycles. The Kier molecular flexibility index (Phi) is 8.16. The van der Waals surface area contributed by atoms with Crippen molar-refractivity contribution in [1.29, 1.82) is 0 Å². The number of aliphatic imine (C=N–C) groups is 1. The lowest BCUT2D eigenvalue weighted by atomic mass is 10.1. The molecule has 4 aromatic rings. The Hall–Kier alpha value is -3.46. The van der Waals surface area contributed by atoms with Gasteiger partial charge in [0.1, 0.15) is 22.1 Å². The molecule has 0 saturated carbocycles. The molecule has 1 aliphatic rings. The van der Waals surface area contributed by atoms with Crippen molar-refractivity contribution in [3.8, 4) is 5.75 Å². The number of benzene rings is 3. The maximum absolute atomic E-state index is 12.8. The summed E-state index contributed by atoms with van der Waals surface area (Å²) in [5.74, 6) is -0.0749. The zero-order valence-corrected chi connectivity index (χ0v) is 24.3. The predicted octanol–water partition coefficient (Wildman–Crippen LogP) is 8.31. The minimum absolute atomic E-state index is 0.0509. The highest BCUT2D eigenvalue weighted by atomic mass is 79.9. The van der Waals surface area contributed by atoms with Gasteiger partial charge in [-0.05, 0) is 73.2 Å². The van der Waals surface area contributed by atoms with Crippen molar-refractivity contribution < 1.29 is 19.4 Å². The number of thioether (sulfide) groups is 1. The number of aliphatic hydroxyl groups is 1. The molecule has 0 atom stereocenters. The van der Waals surface area contributed by atoms with Gasteiger partial charge in [-0.3, -0.25) is 0 Å². The van der Waals surface area contributed by atoms with E-state index >= 15 is 0 Å². The van der Waals surface area contributed by atoms with E-state index in [4.69, 9.17) is 21.1 Å². The van der Waals surface area contributed by atoms with Crippen LogP contribution in [0.4, 0.5) is 5.69 Å². The zero-order valence-electron chi connectivity index (χ0n) is 21.2. The van der Waals surface area contributed by atoms with Crippen LogP contribution in [0.5, 0.6) is 5.75 Å². The quantitative estimate of drug-likeness (QED) is 0.210. The largest absolute Gasteiger partial charge is 0.506 e. The number of carbonyl (C=O) groups excluding carboxylic acids is 1. The highest BCUT2D eigenvalue weighted by molar-refractivity contribution is 9.10. The first kappa shape index (κ1) is 27.1. The summed E-state index contributed by atoms with van der Waals surface area (Å²) in [4.78, 5) is 18.0. The van der Waals surface area contributed by atoms with Gasteiger partial charge in [0, 0.05) is 38.7 Å². The number of esters is 1. The van der Waals surface area contributed by atoms with Gasteiger partial charge in [-0.2, -0.15) is 0 Å². The van der Waals surface area contributed by atoms with E-state index in [0.29, 0.717) is 33.0 Å². The van der Waals surface area contributed by atoms with Gasteiger partial charge in [0.15, 0.2) is 0 Å². The standard InChI is InChI=1S/C30H24BrClN2O4S/c1-3-38-30(36)27-28(35)26(39-29(27)33-22-9-11-23(37-2)12-10-22)14-19-17-34(16-18-4-7-21(32)8-5-18)25-13-6-20(31)15-24(19)25/h4-15,17,35H,3,16H2,1-2H3/b26-14-,33-29?. The maximum Gasteiger partial charge on any atom is 0.344 e. The van der Waals surface area contributed by atoms with Crippen molar-refractivity contribution in [2.75, 3.05) is 13.7 Å². The highest BCUT2D eigenvalue weighted by Crippen LogP contribution is 2.41. The van der Waals surface area contributed by atoms with Crippen molar-refractivity contribution in [3.63, 3.8) is 0 Å². The molecular formula is C30H24BrClN2O4S.